The molecule has 0 aromatic heterocycles. The molecule has 0 aromatic carbocycles. The Kier molecular flexibility index (Phi) is 5.29. The van der Waals surface area contributed by atoms with Gasteiger partial charge < -0.3 is 14.2 Å². The predicted octanol–water partition coefficient (Wildman–Crippen LogP) is 3.48. The van der Waals surface area contributed by atoms with Gasteiger partial charge in [0.1, 0.15) is 12.2 Å². The second kappa shape index (κ2) is 6.96. The lowest BCUT2D eigenvalue weighted by Gasteiger charge is -2.34. The molecule has 3 aliphatic rings. The molecule has 13 heteroatoms. The van der Waals surface area contributed by atoms with Gasteiger partial charge in [0.15, 0.2) is 0 Å². The van der Waals surface area contributed by atoms with Gasteiger partial charge in [-0.25, -0.2) is 0 Å². The fraction of sp³-hybridized carbons (Fsp3) is 0.833. The molecule has 2 saturated carbocycles. The van der Waals surface area contributed by atoms with E-state index in [1.165, 1.54) is 0 Å². The van der Waals surface area contributed by atoms with Crippen LogP contribution in [0.15, 0.2) is 0 Å². The minimum atomic E-state index is -6.60. The number of ether oxygens (including phenoxy) is 3. The Morgan fingerprint density at radius 2 is 1.58 bits per heavy atom. The average molecular weight is 464 g/mol. The van der Waals surface area contributed by atoms with Crippen LogP contribution in [-0.4, -0.2) is 48.3 Å². The summed E-state index contributed by atoms with van der Waals surface area (Å²) in [5.74, 6) is -15.4. The van der Waals surface area contributed by atoms with Crippen LogP contribution in [0.3, 0.4) is 0 Å². The molecule has 0 aromatic rings. The molecule has 176 valence electrons. The summed E-state index contributed by atoms with van der Waals surface area (Å²) in [4.78, 5) is 36.9. The maximum Gasteiger partial charge on any atom is 0.470 e. The summed E-state index contributed by atoms with van der Waals surface area (Å²) >= 11 is 0. The topological polar surface area (TPSA) is 78.9 Å². The van der Waals surface area contributed by atoms with Crippen LogP contribution in [0, 0.1) is 29.1 Å². The summed E-state index contributed by atoms with van der Waals surface area (Å²) in [6, 6.07) is 0. The number of rotatable bonds is 5. The third-order valence-corrected chi connectivity index (χ3v) is 6.47. The number of carbonyl (C=O) groups excluding carboxylic acids is 3. The highest BCUT2D eigenvalue weighted by Gasteiger charge is 2.78. The van der Waals surface area contributed by atoms with E-state index in [1.54, 1.807) is 20.8 Å². The molecule has 3 fully saturated rings. The smallest absolute Gasteiger partial charge is 0.458 e. The number of halogens is 7. The van der Waals surface area contributed by atoms with E-state index in [-0.39, 0.29) is 6.42 Å². The maximum atomic E-state index is 13.9. The van der Waals surface area contributed by atoms with E-state index < -0.39 is 77.4 Å². The molecule has 0 N–H and O–H groups in total. The van der Waals surface area contributed by atoms with E-state index in [0.717, 1.165) is 0 Å². The van der Waals surface area contributed by atoms with Crippen LogP contribution in [0.25, 0.3) is 0 Å². The van der Waals surface area contributed by atoms with Gasteiger partial charge in [-0.2, -0.15) is 30.7 Å². The van der Waals surface area contributed by atoms with Crippen LogP contribution in [0.1, 0.15) is 33.6 Å². The van der Waals surface area contributed by atoms with Crippen molar-refractivity contribution in [3.8, 4) is 0 Å². The van der Waals surface area contributed by atoms with Crippen molar-refractivity contribution < 1.29 is 59.3 Å². The molecule has 0 amide bonds. The quantitative estimate of drug-likeness (QED) is 0.352. The third kappa shape index (κ3) is 3.43. The Morgan fingerprint density at radius 3 is 2.06 bits per heavy atom. The highest BCUT2D eigenvalue weighted by molar-refractivity contribution is 5.86. The molecule has 2 bridgehead atoms. The molecule has 2 aliphatic carbocycles. The number of hydrogen-bond acceptors (Lipinski definition) is 6. The number of fused-ring (bicyclic) bond motifs is 1. The maximum absolute atomic E-state index is 13.9. The number of carbonyl (C=O) groups is 3. The van der Waals surface area contributed by atoms with Crippen molar-refractivity contribution in [1.82, 2.24) is 0 Å². The first kappa shape index (κ1) is 23.6. The summed E-state index contributed by atoms with van der Waals surface area (Å²) in [7, 11) is 0. The van der Waals surface area contributed by atoms with Crippen molar-refractivity contribution >= 4 is 17.9 Å². The Hall–Kier alpha value is -2.08. The van der Waals surface area contributed by atoms with Crippen LogP contribution in [0.5, 0.6) is 0 Å². The van der Waals surface area contributed by atoms with Crippen molar-refractivity contribution in [3.63, 3.8) is 0 Å². The Balaban J connectivity index is 1.89. The van der Waals surface area contributed by atoms with Gasteiger partial charge in [0.2, 0.25) is 0 Å². The molecule has 3 rings (SSSR count). The van der Waals surface area contributed by atoms with Crippen LogP contribution >= 0.6 is 0 Å². The molecule has 6 nitrogen and oxygen atoms in total. The van der Waals surface area contributed by atoms with E-state index in [2.05, 4.69) is 4.74 Å². The lowest BCUT2D eigenvalue weighted by atomic mass is 9.78. The Labute approximate surface area is 171 Å². The molecule has 1 aliphatic heterocycles. The van der Waals surface area contributed by atoms with Gasteiger partial charge in [0.05, 0.1) is 17.3 Å². The standard InChI is InChI=1S/C18H19F7O6/c1-4-15(2,3)14(28)30-11-7-5-6-8(12(26)29-10(6)11)9(7)13(27)31-16(19,17(20,21)22)18(23,24)25/h6-11H,4-5H2,1-3H3. The second-order valence-corrected chi connectivity index (χ2v) is 8.64. The summed E-state index contributed by atoms with van der Waals surface area (Å²) < 4.78 is 104. The number of hydrogen-bond donors (Lipinski definition) is 0. The predicted molar refractivity (Wildman–Crippen MR) is 84.5 cm³/mol. The van der Waals surface area contributed by atoms with Gasteiger partial charge in [-0.3, -0.25) is 14.4 Å². The average Bonchev–Trinajstić information content (AvgIpc) is 3.23. The second-order valence-electron chi connectivity index (χ2n) is 8.64. The summed E-state index contributed by atoms with van der Waals surface area (Å²) in [5.41, 5.74) is -0.986. The van der Waals surface area contributed by atoms with Gasteiger partial charge in [0, 0.05) is 11.8 Å². The van der Waals surface area contributed by atoms with Crippen molar-refractivity contribution in [2.75, 3.05) is 0 Å². The first-order chi connectivity index (χ1) is 14.0. The van der Waals surface area contributed by atoms with Gasteiger partial charge in [-0.15, -0.1) is 0 Å². The molecule has 0 spiro atoms. The van der Waals surface area contributed by atoms with Crippen LogP contribution in [0.4, 0.5) is 30.7 Å². The SMILES string of the molecule is CCC(C)(C)C(=O)OC1C2CC3C1OC(=O)C3C2C(=O)OC(F)(C(F)(F)F)C(F)(F)F. The van der Waals surface area contributed by atoms with Crippen LogP contribution in [-0.2, 0) is 28.6 Å². The summed E-state index contributed by atoms with van der Waals surface area (Å²) in [5, 5.41) is 0. The van der Waals surface area contributed by atoms with E-state index >= 15 is 0 Å². The summed E-state index contributed by atoms with van der Waals surface area (Å²) in [6.07, 6.45) is -15.2. The number of esters is 3. The molecule has 6 atom stereocenters. The Morgan fingerprint density at radius 1 is 1.03 bits per heavy atom. The van der Waals surface area contributed by atoms with Crippen molar-refractivity contribution in [2.24, 2.45) is 29.1 Å². The van der Waals surface area contributed by atoms with Gasteiger partial charge in [0.25, 0.3) is 0 Å². The van der Waals surface area contributed by atoms with E-state index in [4.69, 9.17) is 9.47 Å². The van der Waals surface area contributed by atoms with Gasteiger partial charge >= 0.3 is 36.1 Å². The molecule has 0 radical (unpaired) electrons. The zero-order valence-corrected chi connectivity index (χ0v) is 16.5. The van der Waals surface area contributed by atoms with Gasteiger partial charge in [-0.05, 0) is 26.7 Å². The van der Waals surface area contributed by atoms with Crippen LogP contribution in [0.2, 0.25) is 0 Å². The van der Waals surface area contributed by atoms with Gasteiger partial charge in [-0.1, -0.05) is 6.92 Å². The van der Waals surface area contributed by atoms with E-state index in [9.17, 15) is 45.1 Å². The summed E-state index contributed by atoms with van der Waals surface area (Å²) in [6.45, 7) is 4.77. The minimum Gasteiger partial charge on any atom is -0.458 e. The van der Waals surface area contributed by atoms with Crippen molar-refractivity contribution in [3.05, 3.63) is 0 Å². The highest BCUT2D eigenvalue weighted by atomic mass is 19.4. The van der Waals surface area contributed by atoms with Crippen molar-refractivity contribution in [1.29, 1.82) is 0 Å². The molecule has 31 heavy (non-hydrogen) atoms. The first-order valence-corrected chi connectivity index (χ1v) is 9.43. The van der Waals surface area contributed by atoms with Crippen molar-refractivity contribution in [2.45, 2.75) is 64.0 Å². The van der Waals surface area contributed by atoms with Crippen LogP contribution < -0.4 is 0 Å². The zero-order chi connectivity index (χ0) is 23.7. The minimum absolute atomic E-state index is 0.0390. The zero-order valence-electron chi connectivity index (χ0n) is 16.5. The lowest BCUT2D eigenvalue weighted by molar-refractivity contribution is -0.418. The first-order valence-electron chi connectivity index (χ1n) is 9.43. The molecule has 1 saturated heterocycles. The molecular formula is C18H19F7O6. The largest absolute Gasteiger partial charge is 0.470 e. The Bertz CT molecular complexity index is 775. The fourth-order valence-electron chi connectivity index (χ4n) is 4.38. The normalized spacial score (nSPS) is 32.8. The monoisotopic (exact) mass is 464 g/mol. The van der Waals surface area contributed by atoms with E-state index in [1.807, 2.05) is 0 Å². The highest BCUT2D eigenvalue weighted by Crippen LogP contribution is 2.60. The lowest BCUT2D eigenvalue weighted by Crippen LogP contribution is -2.57. The fourth-order valence-corrected chi connectivity index (χ4v) is 4.38. The third-order valence-electron chi connectivity index (χ3n) is 6.47. The number of alkyl halides is 7. The molecule has 1 heterocycles. The molecule has 6 unspecified atom stereocenters. The molecular weight excluding hydrogens is 445 g/mol. The van der Waals surface area contributed by atoms with E-state index in [0.29, 0.717) is 6.42 Å².